The Hall–Kier alpha value is -1.04. The Morgan fingerprint density at radius 3 is 2.45 bits per heavy atom. The zero-order valence-corrected chi connectivity index (χ0v) is 5.42. The molecule has 0 saturated heterocycles. The highest BCUT2D eigenvalue weighted by molar-refractivity contribution is 5.71. The van der Waals surface area contributed by atoms with Crippen LogP contribution >= 0.6 is 0 Å². The summed E-state index contributed by atoms with van der Waals surface area (Å²) >= 11 is 0. The van der Waals surface area contributed by atoms with E-state index in [0.29, 0.717) is 0 Å². The van der Waals surface area contributed by atoms with E-state index in [-0.39, 0.29) is 4.90 Å². The van der Waals surface area contributed by atoms with Gasteiger partial charge in [-0.3, -0.25) is 15.6 Å². The highest BCUT2D eigenvalue weighted by atomic mass is 19.4. The van der Waals surface area contributed by atoms with Gasteiger partial charge in [-0.15, -0.1) is 13.2 Å². The van der Waals surface area contributed by atoms with Crippen molar-refractivity contribution in [1.29, 1.82) is 0 Å². The molecule has 0 saturated carbocycles. The van der Waals surface area contributed by atoms with Gasteiger partial charge in [0.1, 0.15) is 0 Å². The minimum absolute atomic E-state index is 0.0208. The molecule has 0 aromatic heterocycles. The zero-order valence-electron chi connectivity index (χ0n) is 5.42. The number of hydrogen-bond acceptors (Lipinski definition) is 3. The first-order chi connectivity index (χ1) is 5.02. The van der Waals surface area contributed by atoms with E-state index in [9.17, 15) is 13.2 Å². The monoisotopic (exact) mass is 165 g/mol. The molecule has 0 fully saturated rings. The Morgan fingerprint density at radius 2 is 2.09 bits per heavy atom. The Labute approximate surface area is 61.0 Å². The van der Waals surface area contributed by atoms with Crippen LogP contribution < -0.4 is 5.73 Å². The van der Waals surface area contributed by atoms with Crippen LogP contribution in [0.25, 0.3) is 0 Å². The fourth-order valence-electron chi connectivity index (χ4n) is 0.664. The van der Waals surface area contributed by atoms with E-state index < -0.39 is 12.6 Å². The van der Waals surface area contributed by atoms with Crippen LogP contribution in [0, 0.1) is 0 Å². The van der Waals surface area contributed by atoms with Gasteiger partial charge in [0.25, 0.3) is 0 Å². The predicted molar refractivity (Wildman–Crippen MR) is 33.5 cm³/mol. The SMILES string of the molecule is NC1N=CC=CN1C(F)(F)F. The lowest BCUT2D eigenvalue weighted by molar-refractivity contribution is -0.238. The molecule has 1 atom stereocenters. The Morgan fingerprint density at radius 1 is 1.45 bits per heavy atom. The molecule has 1 unspecified atom stereocenters. The van der Waals surface area contributed by atoms with Crippen molar-refractivity contribution < 1.29 is 13.2 Å². The molecular formula is C5H6F3N3. The molecule has 0 aliphatic carbocycles. The first kappa shape index (κ1) is 8.06. The topological polar surface area (TPSA) is 41.6 Å². The van der Waals surface area contributed by atoms with Crippen LogP contribution in [0.3, 0.4) is 0 Å². The minimum Gasteiger partial charge on any atom is -0.292 e. The van der Waals surface area contributed by atoms with Crippen molar-refractivity contribution in [3.05, 3.63) is 12.3 Å². The molecular weight excluding hydrogens is 159 g/mol. The third-order valence-electron chi connectivity index (χ3n) is 1.15. The average Bonchev–Trinajstić information content (AvgIpc) is 1.86. The van der Waals surface area contributed by atoms with Gasteiger partial charge in [0, 0.05) is 12.4 Å². The minimum atomic E-state index is -4.45. The quantitative estimate of drug-likeness (QED) is 0.535. The summed E-state index contributed by atoms with van der Waals surface area (Å²) < 4.78 is 35.7. The van der Waals surface area contributed by atoms with Crippen molar-refractivity contribution in [1.82, 2.24) is 4.90 Å². The van der Waals surface area contributed by atoms with Gasteiger partial charge in [0.2, 0.25) is 0 Å². The normalized spacial score (nSPS) is 24.4. The van der Waals surface area contributed by atoms with E-state index in [0.717, 1.165) is 6.20 Å². The molecule has 1 aliphatic rings. The summed E-state index contributed by atoms with van der Waals surface area (Å²) in [5, 5.41) is 0. The van der Waals surface area contributed by atoms with Crippen molar-refractivity contribution in [2.24, 2.45) is 10.7 Å². The summed E-state index contributed by atoms with van der Waals surface area (Å²) in [5.74, 6) is 0. The molecule has 1 heterocycles. The summed E-state index contributed by atoms with van der Waals surface area (Å²) in [6, 6.07) is 0. The fourth-order valence-corrected chi connectivity index (χ4v) is 0.664. The Kier molecular flexibility index (Phi) is 1.86. The summed E-state index contributed by atoms with van der Waals surface area (Å²) in [5.41, 5.74) is 5.02. The number of nitrogens with two attached hydrogens (primary N) is 1. The molecule has 0 bridgehead atoms. The van der Waals surface area contributed by atoms with Gasteiger partial charge in [0.15, 0.2) is 6.29 Å². The first-order valence-electron chi connectivity index (χ1n) is 2.82. The molecule has 1 aliphatic heterocycles. The summed E-state index contributed by atoms with van der Waals surface area (Å²) in [6.45, 7) is 0. The van der Waals surface area contributed by atoms with Gasteiger partial charge in [-0.25, -0.2) is 0 Å². The molecule has 1 rings (SSSR count). The highest BCUT2D eigenvalue weighted by Crippen LogP contribution is 2.23. The van der Waals surface area contributed by atoms with Crippen molar-refractivity contribution in [3.8, 4) is 0 Å². The number of halogens is 3. The van der Waals surface area contributed by atoms with Crippen molar-refractivity contribution in [2.75, 3.05) is 0 Å². The van der Waals surface area contributed by atoms with Crippen molar-refractivity contribution >= 4 is 6.21 Å². The summed E-state index contributed by atoms with van der Waals surface area (Å²) in [4.78, 5) is 3.37. The van der Waals surface area contributed by atoms with Gasteiger partial charge < -0.3 is 0 Å². The second-order valence-electron chi connectivity index (χ2n) is 1.93. The largest absolute Gasteiger partial charge is 0.487 e. The van der Waals surface area contributed by atoms with E-state index >= 15 is 0 Å². The molecule has 3 nitrogen and oxygen atoms in total. The van der Waals surface area contributed by atoms with Crippen molar-refractivity contribution in [3.63, 3.8) is 0 Å². The lowest BCUT2D eigenvalue weighted by atomic mass is 10.5. The molecule has 6 heteroatoms. The molecule has 0 radical (unpaired) electrons. The van der Waals surface area contributed by atoms with E-state index in [4.69, 9.17) is 5.73 Å². The predicted octanol–water partition coefficient (Wildman–Crippen LogP) is 0.649. The van der Waals surface area contributed by atoms with Crippen LogP contribution in [-0.4, -0.2) is 23.7 Å². The maximum absolute atomic E-state index is 11.9. The molecule has 62 valence electrons. The number of rotatable bonds is 0. The van der Waals surface area contributed by atoms with Crippen molar-refractivity contribution in [2.45, 2.75) is 12.6 Å². The summed E-state index contributed by atoms with van der Waals surface area (Å²) in [6.07, 6.45) is -2.55. The van der Waals surface area contributed by atoms with Gasteiger partial charge in [0.05, 0.1) is 0 Å². The van der Waals surface area contributed by atoms with Gasteiger partial charge in [-0.2, -0.15) is 0 Å². The van der Waals surface area contributed by atoms with E-state index in [1.54, 1.807) is 0 Å². The second kappa shape index (κ2) is 2.54. The average molecular weight is 165 g/mol. The third-order valence-corrected chi connectivity index (χ3v) is 1.15. The van der Waals surface area contributed by atoms with Gasteiger partial charge in [-0.1, -0.05) is 0 Å². The fraction of sp³-hybridized carbons (Fsp3) is 0.400. The highest BCUT2D eigenvalue weighted by Gasteiger charge is 2.38. The van der Waals surface area contributed by atoms with Crippen LogP contribution in [0.1, 0.15) is 0 Å². The van der Waals surface area contributed by atoms with Crippen LogP contribution in [0.5, 0.6) is 0 Å². The van der Waals surface area contributed by atoms with Gasteiger partial charge in [-0.05, 0) is 6.08 Å². The molecule has 0 aromatic carbocycles. The van der Waals surface area contributed by atoms with Crippen LogP contribution in [-0.2, 0) is 0 Å². The smallest absolute Gasteiger partial charge is 0.292 e. The number of nitrogens with zero attached hydrogens (tertiary/aromatic N) is 2. The number of hydrogen-bond donors (Lipinski definition) is 1. The maximum Gasteiger partial charge on any atom is 0.487 e. The van der Waals surface area contributed by atoms with E-state index in [1.165, 1.54) is 12.3 Å². The summed E-state index contributed by atoms with van der Waals surface area (Å²) in [7, 11) is 0. The molecule has 0 aromatic rings. The Balaban J connectivity index is 2.74. The standard InChI is InChI=1S/C5H6F3N3/c6-5(7,8)11-3-1-2-10-4(11)9/h1-4H,9H2. The molecule has 11 heavy (non-hydrogen) atoms. The maximum atomic E-state index is 11.9. The van der Waals surface area contributed by atoms with Gasteiger partial charge >= 0.3 is 6.30 Å². The first-order valence-corrected chi connectivity index (χ1v) is 2.82. The molecule has 0 amide bonds. The second-order valence-corrected chi connectivity index (χ2v) is 1.93. The lowest BCUT2D eigenvalue weighted by Gasteiger charge is -2.27. The Bertz CT molecular complexity index is 196. The third kappa shape index (κ3) is 1.70. The van der Waals surface area contributed by atoms with Crippen LogP contribution in [0.4, 0.5) is 13.2 Å². The number of allylic oxidation sites excluding steroid dienone is 1. The van der Waals surface area contributed by atoms with E-state index in [2.05, 4.69) is 4.99 Å². The van der Waals surface area contributed by atoms with Crippen LogP contribution in [0.15, 0.2) is 17.3 Å². The zero-order chi connectivity index (χ0) is 8.48. The molecule has 2 N–H and O–H groups in total. The lowest BCUT2D eigenvalue weighted by Crippen LogP contribution is -2.46. The number of aliphatic imine (C=N–C) groups is 1. The molecule has 0 spiro atoms. The number of alkyl halides is 3. The van der Waals surface area contributed by atoms with Crippen LogP contribution in [0.2, 0.25) is 0 Å². The van der Waals surface area contributed by atoms with E-state index in [1.807, 2.05) is 0 Å².